The van der Waals surface area contributed by atoms with E-state index >= 15 is 0 Å². The molecule has 1 aliphatic heterocycles. The normalized spacial score (nSPS) is 17.5. The van der Waals surface area contributed by atoms with E-state index in [2.05, 4.69) is 26.1 Å². The molecule has 0 saturated carbocycles. The standard InChI is InChI=1S/C13H20BrN3O4/c1-12(2,3)21-11(19)17-7-13(8-17,20-5-4-18)9-6-10(14)16-15-9/h6,18H,4-5,7-8H2,1-3H3,(H,15,16). The highest BCUT2D eigenvalue weighted by molar-refractivity contribution is 9.10. The van der Waals surface area contributed by atoms with Crippen molar-refractivity contribution in [3.8, 4) is 0 Å². The van der Waals surface area contributed by atoms with Crippen molar-refractivity contribution < 1.29 is 19.4 Å². The summed E-state index contributed by atoms with van der Waals surface area (Å²) in [6, 6.07) is 1.81. The third-order valence-electron chi connectivity index (χ3n) is 3.05. The minimum absolute atomic E-state index is 0.0799. The van der Waals surface area contributed by atoms with Crippen LogP contribution in [0.1, 0.15) is 26.5 Å². The highest BCUT2D eigenvalue weighted by atomic mass is 79.9. The number of hydrogen-bond acceptors (Lipinski definition) is 5. The molecule has 8 heteroatoms. The van der Waals surface area contributed by atoms with Crippen LogP contribution < -0.4 is 0 Å². The lowest BCUT2D eigenvalue weighted by Crippen LogP contribution is -2.63. The average Bonchev–Trinajstić information content (AvgIpc) is 2.72. The van der Waals surface area contributed by atoms with Crippen LogP contribution in [0.2, 0.25) is 0 Å². The number of nitrogens with zero attached hydrogens (tertiary/aromatic N) is 2. The average molecular weight is 362 g/mol. The number of aromatic nitrogens is 2. The summed E-state index contributed by atoms with van der Waals surface area (Å²) in [5.41, 5.74) is -0.431. The minimum Gasteiger partial charge on any atom is -0.444 e. The van der Waals surface area contributed by atoms with Gasteiger partial charge in [-0.3, -0.25) is 5.10 Å². The maximum atomic E-state index is 12.0. The largest absolute Gasteiger partial charge is 0.444 e. The number of carbonyl (C=O) groups is 1. The Morgan fingerprint density at radius 2 is 2.24 bits per heavy atom. The lowest BCUT2D eigenvalue weighted by molar-refractivity contribution is -0.153. The Hall–Kier alpha value is -1.12. The molecule has 1 aromatic heterocycles. The molecule has 7 nitrogen and oxygen atoms in total. The Kier molecular flexibility index (Phi) is 4.60. The first-order valence-corrected chi connectivity index (χ1v) is 7.49. The second kappa shape index (κ2) is 5.94. The smallest absolute Gasteiger partial charge is 0.410 e. The molecule has 0 radical (unpaired) electrons. The van der Waals surface area contributed by atoms with E-state index in [0.717, 1.165) is 5.69 Å². The molecule has 1 amide bonds. The topological polar surface area (TPSA) is 87.7 Å². The maximum absolute atomic E-state index is 12.0. The molecule has 1 aromatic rings. The summed E-state index contributed by atoms with van der Waals surface area (Å²) in [7, 11) is 0. The van der Waals surface area contributed by atoms with Gasteiger partial charge in [0.15, 0.2) is 0 Å². The summed E-state index contributed by atoms with van der Waals surface area (Å²) < 4.78 is 11.7. The maximum Gasteiger partial charge on any atom is 0.410 e. The van der Waals surface area contributed by atoms with Crippen LogP contribution in [0.15, 0.2) is 10.7 Å². The zero-order chi connectivity index (χ0) is 15.7. The fourth-order valence-electron chi connectivity index (χ4n) is 2.14. The third-order valence-corrected chi connectivity index (χ3v) is 3.46. The number of aromatic amines is 1. The number of H-pyrrole nitrogens is 1. The second-order valence-corrected chi connectivity index (χ2v) is 6.82. The van der Waals surface area contributed by atoms with Crippen molar-refractivity contribution in [2.24, 2.45) is 0 Å². The fraction of sp³-hybridized carbons (Fsp3) is 0.692. The van der Waals surface area contributed by atoms with E-state index < -0.39 is 11.2 Å². The van der Waals surface area contributed by atoms with Crippen molar-refractivity contribution in [3.05, 3.63) is 16.4 Å². The van der Waals surface area contributed by atoms with E-state index in [4.69, 9.17) is 14.6 Å². The molecule has 2 rings (SSSR count). The van der Waals surface area contributed by atoms with Gasteiger partial charge in [-0.2, -0.15) is 5.10 Å². The number of halogens is 1. The molecular formula is C13H20BrN3O4. The minimum atomic E-state index is -0.668. The molecule has 2 N–H and O–H groups in total. The van der Waals surface area contributed by atoms with Crippen LogP contribution in [0.25, 0.3) is 0 Å². The molecule has 118 valence electrons. The SMILES string of the molecule is CC(C)(C)OC(=O)N1CC(OCCO)(c2cc(Br)n[nH]2)C1. The lowest BCUT2D eigenvalue weighted by atomic mass is 9.90. The molecule has 0 aromatic carbocycles. The van der Waals surface area contributed by atoms with Gasteiger partial charge in [-0.25, -0.2) is 4.79 Å². The Balaban J connectivity index is 2.04. The van der Waals surface area contributed by atoms with Crippen molar-refractivity contribution in [1.29, 1.82) is 0 Å². The van der Waals surface area contributed by atoms with Crippen LogP contribution in [-0.2, 0) is 15.1 Å². The van der Waals surface area contributed by atoms with Gasteiger partial charge in [0.05, 0.1) is 32.0 Å². The van der Waals surface area contributed by atoms with E-state index in [1.54, 1.807) is 4.90 Å². The molecule has 1 fully saturated rings. The highest BCUT2D eigenvalue weighted by Crippen LogP contribution is 2.36. The monoisotopic (exact) mass is 361 g/mol. The van der Waals surface area contributed by atoms with Crippen molar-refractivity contribution in [2.75, 3.05) is 26.3 Å². The van der Waals surface area contributed by atoms with Gasteiger partial charge in [0.1, 0.15) is 15.8 Å². The number of nitrogens with one attached hydrogen (secondary N) is 1. The Bertz CT molecular complexity index is 506. The predicted molar refractivity (Wildman–Crippen MR) is 78.8 cm³/mol. The van der Waals surface area contributed by atoms with Crippen LogP contribution in [0.4, 0.5) is 4.79 Å². The van der Waals surface area contributed by atoms with Crippen molar-refractivity contribution in [3.63, 3.8) is 0 Å². The van der Waals surface area contributed by atoms with Crippen molar-refractivity contribution in [2.45, 2.75) is 32.0 Å². The van der Waals surface area contributed by atoms with E-state index in [9.17, 15) is 4.79 Å². The summed E-state index contributed by atoms with van der Waals surface area (Å²) in [5.74, 6) is 0. The molecule has 0 spiro atoms. The molecule has 0 unspecified atom stereocenters. The van der Waals surface area contributed by atoms with Crippen molar-refractivity contribution in [1.82, 2.24) is 15.1 Å². The van der Waals surface area contributed by atoms with E-state index in [-0.39, 0.29) is 19.3 Å². The van der Waals surface area contributed by atoms with Crippen molar-refractivity contribution >= 4 is 22.0 Å². The summed E-state index contributed by atoms with van der Waals surface area (Å²) in [5, 5.41) is 15.9. The van der Waals surface area contributed by atoms with Crippen LogP contribution in [-0.4, -0.2) is 58.2 Å². The first-order valence-electron chi connectivity index (χ1n) is 6.70. The quantitative estimate of drug-likeness (QED) is 0.850. The number of likely N-dealkylation sites (tertiary alicyclic amines) is 1. The molecule has 0 bridgehead atoms. The predicted octanol–water partition coefficient (Wildman–Crippen LogP) is 1.63. The van der Waals surface area contributed by atoms with Crippen LogP contribution in [0.5, 0.6) is 0 Å². The molecule has 1 saturated heterocycles. The zero-order valence-electron chi connectivity index (χ0n) is 12.4. The number of rotatable bonds is 4. The summed E-state index contributed by atoms with van der Waals surface area (Å²) in [6.07, 6.45) is -0.371. The zero-order valence-corrected chi connectivity index (χ0v) is 13.9. The number of aliphatic hydroxyl groups excluding tert-OH is 1. The van der Waals surface area contributed by atoms with Gasteiger partial charge >= 0.3 is 6.09 Å². The number of amides is 1. The molecule has 1 aliphatic rings. The van der Waals surface area contributed by atoms with Gasteiger partial charge in [-0.1, -0.05) is 0 Å². The number of ether oxygens (including phenoxy) is 2. The van der Waals surface area contributed by atoms with E-state index in [0.29, 0.717) is 17.7 Å². The summed E-state index contributed by atoms with van der Waals surface area (Å²) in [6.45, 7) is 6.31. The van der Waals surface area contributed by atoms with Gasteiger partial charge in [0.25, 0.3) is 0 Å². The lowest BCUT2D eigenvalue weighted by Gasteiger charge is -2.48. The first kappa shape index (κ1) is 16.3. The molecule has 0 aliphatic carbocycles. The summed E-state index contributed by atoms with van der Waals surface area (Å²) in [4.78, 5) is 13.6. The Morgan fingerprint density at radius 1 is 1.57 bits per heavy atom. The van der Waals surface area contributed by atoms with Crippen LogP contribution >= 0.6 is 15.9 Å². The molecule has 2 heterocycles. The second-order valence-electron chi connectivity index (χ2n) is 6.01. The van der Waals surface area contributed by atoms with Gasteiger partial charge in [0, 0.05) is 0 Å². The van der Waals surface area contributed by atoms with Gasteiger partial charge in [-0.05, 0) is 42.8 Å². The van der Waals surface area contributed by atoms with Crippen LogP contribution in [0.3, 0.4) is 0 Å². The molecular weight excluding hydrogens is 342 g/mol. The van der Waals surface area contributed by atoms with E-state index in [1.807, 2.05) is 26.8 Å². The van der Waals surface area contributed by atoms with Gasteiger partial charge in [0.2, 0.25) is 0 Å². The Morgan fingerprint density at radius 3 is 2.71 bits per heavy atom. The van der Waals surface area contributed by atoms with Gasteiger partial charge in [-0.15, -0.1) is 0 Å². The number of hydrogen-bond donors (Lipinski definition) is 2. The highest BCUT2D eigenvalue weighted by Gasteiger charge is 2.50. The fourth-order valence-corrected chi connectivity index (χ4v) is 2.45. The van der Waals surface area contributed by atoms with E-state index in [1.165, 1.54) is 0 Å². The first-order chi connectivity index (χ1) is 9.76. The number of carbonyl (C=O) groups excluding carboxylic acids is 1. The molecule has 21 heavy (non-hydrogen) atoms. The number of aliphatic hydroxyl groups is 1. The third kappa shape index (κ3) is 3.75. The van der Waals surface area contributed by atoms with Gasteiger partial charge < -0.3 is 19.5 Å². The summed E-state index contributed by atoms with van der Waals surface area (Å²) >= 11 is 3.28. The van der Waals surface area contributed by atoms with Crippen LogP contribution in [0, 0.1) is 0 Å². The Labute approximate surface area is 131 Å². The molecule has 0 atom stereocenters.